The molecule has 0 amide bonds. The molecule has 6 nitrogen and oxygen atoms in total. The molecule has 1 rings (SSSR count). The van der Waals surface area contributed by atoms with Crippen molar-refractivity contribution in [2.75, 3.05) is 0 Å². The summed E-state index contributed by atoms with van der Waals surface area (Å²) in [4.78, 5) is 0. The van der Waals surface area contributed by atoms with Gasteiger partial charge < -0.3 is 4.13 Å². The third-order valence-electron chi connectivity index (χ3n) is 2.42. The molecule has 0 saturated carbocycles. The van der Waals surface area contributed by atoms with Crippen LogP contribution in [0.25, 0.3) is 4.13 Å². The Morgan fingerprint density at radius 1 is 0.923 bits per heavy atom. The van der Waals surface area contributed by atoms with E-state index in [4.69, 9.17) is 0 Å². The minimum absolute atomic E-state index is 0.725. The van der Waals surface area contributed by atoms with E-state index in [1.165, 1.54) is 5.56 Å². The second kappa shape index (κ2) is 8.52. The molecule has 0 spiro atoms. The van der Waals surface area contributed by atoms with Gasteiger partial charge in [-0.1, -0.05) is 13.8 Å². The van der Waals surface area contributed by atoms with Crippen LogP contribution in [0.15, 0.2) is 24.5 Å². The van der Waals surface area contributed by atoms with E-state index in [1.54, 1.807) is 0 Å². The smallest absolute Gasteiger partial charge is 0.421 e. The van der Waals surface area contributed by atoms with Crippen molar-refractivity contribution in [3.8, 4) is 0 Å². The van der Waals surface area contributed by atoms with Crippen molar-refractivity contribution in [2.24, 2.45) is 5.92 Å². The molecule has 0 atom stereocenters. The van der Waals surface area contributed by atoms with E-state index in [2.05, 4.69) is 49.9 Å². The summed E-state index contributed by atoms with van der Waals surface area (Å²) in [6.45, 7) is 7.68. The van der Waals surface area contributed by atoms with Crippen LogP contribution in [0.4, 0.5) is 26.3 Å². The van der Waals surface area contributed by atoms with Gasteiger partial charge in [0.15, 0.2) is 39.0 Å². The number of rotatable bonds is 4. The summed E-state index contributed by atoms with van der Waals surface area (Å²) in [5, 5.41) is 0. The third-order valence-corrected chi connectivity index (χ3v) is 5.15. The second-order valence-electron chi connectivity index (χ2n) is 5.38. The van der Waals surface area contributed by atoms with Gasteiger partial charge in [0.1, 0.15) is 0 Å². The Morgan fingerprint density at radius 3 is 1.54 bits per heavy atom. The van der Waals surface area contributed by atoms with Crippen molar-refractivity contribution in [1.29, 1.82) is 0 Å². The Kier molecular flexibility index (Phi) is 8.06. The molecule has 1 heterocycles. The Morgan fingerprint density at radius 2 is 1.27 bits per heavy atom. The number of alkyl halides is 6. The van der Waals surface area contributed by atoms with E-state index in [1.807, 2.05) is 0 Å². The standard InChI is InChI=1S/C10H16N.C2F6NO4S2/c1-9(2)8-11-6-4-10(3)5-7-11;3-1(4,5)14(10,11)9-15(12,13)2(6,7)8/h4-7,9H,8H2,1-3H3;/q+1;-1. The Balaban J connectivity index is 0.000000502. The van der Waals surface area contributed by atoms with E-state index in [9.17, 15) is 43.2 Å². The molecule has 0 radical (unpaired) electrons. The molecule has 0 unspecified atom stereocenters. The highest BCUT2D eigenvalue weighted by molar-refractivity contribution is 8.13. The van der Waals surface area contributed by atoms with Crippen LogP contribution in [0.2, 0.25) is 0 Å². The van der Waals surface area contributed by atoms with E-state index < -0.39 is 31.1 Å². The van der Waals surface area contributed by atoms with Gasteiger partial charge in [-0.25, -0.2) is 21.4 Å². The minimum Gasteiger partial charge on any atom is -0.421 e. The largest absolute Gasteiger partial charge is 0.480 e. The summed E-state index contributed by atoms with van der Waals surface area (Å²) < 4.78 is 111. The number of halogens is 6. The van der Waals surface area contributed by atoms with Crippen LogP contribution in [-0.4, -0.2) is 27.9 Å². The van der Waals surface area contributed by atoms with Gasteiger partial charge in [0, 0.05) is 18.1 Å². The predicted octanol–water partition coefficient (Wildman–Crippen LogP) is 3.00. The number of sulfonamides is 2. The van der Waals surface area contributed by atoms with E-state index in [-0.39, 0.29) is 0 Å². The lowest BCUT2D eigenvalue weighted by atomic mass is 10.2. The average molecular weight is 430 g/mol. The third kappa shape index (κ3) is 7.86. The monoisotopic (exact) mass is 430 g/mol. The lowest BCUT2D eigenvalue weighted by Gasteiger charge is -2.22. The van der Waals surface area contributed by atoms with E-state index >= 15 is 0 Å². The average Bonchev–Trinajstić information content (AvgIpc) is 2.38. The van der Waals surface area contributed by atoms with Crippen molar-refractivity contribution >= 4 is 20.0 Å². The molecule has 0 aliphatic carbocycles. The molecule has 152 valence electrons. The van der Waals surface area contributed by atoms with Crippen LogP contribution in [0, 0.1) is 12.8 Å². The van der Waals surface area contributed by atoms with Crippen LogP contribution in [0.5, 0.6) is 0 Å². The first-order chi connectivity index (χ1) is 11.4. The number of hydrogen-bond acceptors (Lipinski definition) is 4. The molecule has 0 aromatic carbocycles. The number of pyridine rings is 1. The number of nitrogens with zero attached hydrogens (tertiary/aromatic N) is 2. The highest BCUT2D eigenvalue weighted by atomic mass is 32.3. The van der Waals surface area contributed by atoms with Gasteiger partial charge in [-0.2, -0.15) is 26.3 Å². The number of aromatic nitrogens is 1. The van der Waals surface area contributed by atoms with Crippen molar-refractivity contribution in [1.82, 2.24) is 0 Å². The SMILES string of the molecule is Cc1cc[n+](CC(C)C)cc1.O=S(=O)([N-]S(=O)(=O)C(F)(F)F)C(F)(F)F. The van der Waals surface area contributed by atoms with Gasteiger partial charge in [-0.15, -0.1) is 0 Å². The first-order valence-electron chi connectivity index (χ1n) is 6.71. The Hall–Kier alpha value is -1.41. The fraction of sp³-hybridized carbons (Fsp3) is 0.583. The zero-order valence-corrected chi connectivity index (χ0v) is 15.3. The van der Waals surface area contributed by atoms with E-state index in [0.29, 0.717) is 0 Å². The summed E-state index contributed by atoms with van der Waals surface area (Å²) in [5.74, 6) is 0.725. The molecule has 14 heteroatoms. The molecular weight excluding hydrogens is 414 g/mol. The summed E-state index contributed by atoms with van der Waals surface area (Å²) in [7, 11) is -13.4. The zero-order chi connectivity index (χ0) is 21.0. The van der Waals surface area contributed by atoms with Crippen LogP contribution >= 0.6 is 0 Å². The Labute approximate surface area is 146 Å². The first kappa shape index (κ1) is 24.6. The number of aryl methyl sites for hydroxylation is 1. The predicted molar refractivity (Wildman–Crippen MR) is 79.5 cm³/mol. The van der Waals surface area contributed by atoms with Crippen LogP contribution < -0.4 is 4.57 Å². The quantitative estimate of drug-likeness (QED) is 0.543. The van der Waals surface area contributed by atoms with Crippen molar-refractivity contribution in [3.05, 3.63) is 34.2 Å². The van der Waals surface area contributed by atoms with Crippen molar-refractivity contribution in [2.45, 2.75) is 38.3 Å². The maximum atomic E-state index is 11.4. The number of hydrogen-bond donors (Lipinski definition) is 0. The second-order valence-corrected chi connectivity index (χ2v) is 8.80. The Bertz CT molecular complexity index is 742. The molecule has 0 N–H and O–H groups in total. The molecular formula is C12H16F6N2O4S2. The highest BCUT2D eigenvalue weighted by Crippen LogP contribution is 2.36. The maximum absolute atomic E-state index is 11.4. The lowest BCUT2D eigenvalue weighted by molar-refractivity contribution is -0.702. The fourth-order valence-electron chi connectivity index (χ4n) is 1.29. The van der Waals surface area contributed by atoms with Gasteiger partial charge >= 0.3 is 11.0 Å². The van der Waals surface area contributed by atoms with E-state index in [0.717, 1.165) is 16.6 Å². The minimum atomic E-state index is -6.72. The van der Waals surface area contributed by atoms with Gasteiger partial charge in [0.05, 0.1) is 0 Å². The van der Waals surface area contributed by atoms with Gasteiger partial charge in [0.2, 0.25) is 0 Å². The summed E-state index contributed by atoms with van der Waals surface area (Å²) >= 11 is 0. The molecule has 0 aliphatic rings. The fourth-order valence-corrected chi connectivity index (χ4v) is 3.00. The molecule has 0 saturated heterocycles. The van der Waals surface area contributed by atoms with Crippen LogP contribution in [0.3, 0.4) is 0 Å². The molecule has 0 aliphatic heterocycles. The van der Waals surface area contributed by atoms with Crippen molar-refractivity contribution < 1.29 is 47.7 Å². The topological polar surface area (TPSA) is 86.3 Å². The van der Waals surface area contributed by atoms with Crippen molar-refractivity contribution in [3.63, 3.8) is 0 Å². The molecule has 1 aromatic rings. The normalized spacial score (nSPS) is 13.3. The van der Waals surface area contributed by atoms with Gasteiger partial charge in [-0.3, -0.25) is 0 Å². The summed E-state index contributed by atoms with van der Waals surface area (Å²) in [6.07, 6.45) is 4.27. The molecule has 0 fully saturated rings. The van der Waals surface area contributed by atoms with Crippen LogP contribution in [-0.2, 0) is 26.6 Å². The zero-order valence-electron chi connectivity index (χ0n) is 13.7. The highest BCUT2D eigenvalue weighted by Gasteiger charge is 2.46. The molecule has 0 bridgehead atoms. The first-order valence-corrected chi connectivity index (χ1v) is 9.59. The lowest BCUT2D eigenvalue weighted by Crippen LogP contribution is -2.35. The summed E-state index contributed by atoms with van der Waals surface area (Å²) in [5.41, 5.74) is -11.1. The van der Waals surface area contributed by atoms with Gasteiger partial charge in [0.25, 0.3) is 0 Å². The summed E-state index contributed by atoms with van der Waals surface area (Å²) in [6, 6.07) is 4.28. The van der Waals surface area contributed by atoms with Gasteiger partial charge in [-0.05, 0) is 12.5 Å². The van der Waals surface area contributed by atoms with Crippen LogP contribution in [0.1, 0.15) is 19.4 Å². The molecule has 1 aromatic heterocycles. The molecule has 26 heavy (non-hydrogen) atoms. The maximum Gasteiger partial charge on any atom is 0.480 e.